The van der Waals surface area contributed by atoms with Gasteiger partial charge in [0.1, 0.15) is 0 Å². The lowest BCUT2D eigenvalue weighted by atomic mass is 9.71. The monoisotopic (exact) mass is 240 g/mol. The average molecular weight is 240 g/mol. The van der Waals surface area contributed by atoms with Crippen molar-refractivity contribution in [2.45, 2.75) is 64.8 Å². The summed E-state index contributed by atoms with van der Waals surface area (Å²) in [6, 6.07) is 0. The summed E-state index contributed by atoms with van der Waals surface area (Å²) in [5, 5.41) is 3.53. The Morgan fingerprint density at radius 2 is 2.24 bits per heavy atom. The van der Waals surface area contributed by atoms with Gasteiger partial charge in [-0.2, -0.15) is 0 Å². The van der Waals surface area contributed by atoms with Gasteiger partial charge >= 0.3 is 0 Å². The number of carbonyl (C=O) groups excluding carboxylic acids is 1. The number of nitrogens with one attached hydrogen (secondary N) is 1. The fourth-order valence-electron chi connectivity index (χ4n) is 3.45. The van der Waals surface area contributed by atoms with Crippen LogP contribution in [0.2, 0.25) is 0 Å². The van der Waals surface area contributed by atoms with Gasteiger partial charge in [-0.05, 0) is 37.6 Å². The summed E-state index contributed by atoms with van der Waals surface area (Å²) < 4.78 is 0. The van der Waals surface area contributed by atoms with E-state index in [0.717, 1.165) is 31.2 Å². The molecular weight excluding hydrogens is 212 g/mol. The van der Waals surface area contributed by atoms with Crippen molar-refractivity contribution in [2.75, 3.05) is 6.54 Å². The molecule has 0 spiro atoms. The van der Waals surface area contributed by atoms with E-state index in [-0.39, 0.29) is 11.4 Å². The molecule has 0 aromatic carbocycles. The number of hydrogen-bond donors (Lipinski definition) is 2. The molecule has 1 rings (SSSR count). The molecule has 1 aliphatic rings. The van der Waals surface area contributed by atoms with Crippen LogP contribution in [0.3, 0.4) is 0 Å². The molecule has 17 heavy (non-hydrogen) atoms. The molecule has 2 atom stereocenters. The lowest BCUT2D eigenvalue weighted by Gasteiger charge is -2.41. The van der Waals surface area contributed by atoms with Crippen LogP contribution in [0.25, 0.3) is 0 Å². The number of hydrogen-bond acceptors (Lipinski definition) is 2. The van der Waals surface area contributed by atoms with E-state index < -0.39 is 0 Å². The Hall–Kier alpha value is -0.570. The molecule has 2 unspecified atom stereocenters. The molecule has 0 saturated heterocycles. The number of rotatable bonds is 6. The Bertz CT molecular complexity index is 249. The smallest absolute Gasteiger partial charge is 0.219 e. The minimum absolute atomic E-state index is 0.0155. The molecular formula is C14H28N2O. The first kappa shape index (κ1) is 14.5. The Morgan fingerprint density at radius 1 is 1.53 bits per heavy atom. The molecule has 3 N–H and O–H groups in total. The number of nitrogens with two attached hydrogens (primary N) is 1. The molecule has 0 aromatic heterocycles. The fraction of sp³-hybridized carbons (Fsp3) is 0.929. The van der Waals surface area contributed by atoms with E-state index in [1.54, 1.807) is 0 Å². The average Bonchev–Trinajstić information content (AvgIpc) is 2.15. The summed E-state index contributed by atoms with van der Waals surface area (Å²) in [7, 11) is 0. The van der Waals surface area contributed by atoms with Crippen molar-refractivity contribution in [2.24, 2.45) is 17.6 Å². The molecule has 100 valence electrons. The van der Waals surface area contributed by atoms with Gasteiger partial charge < -0.3 is 11.1 Å². The third-order valence-corrected chi connectivity index (χ3v) is 3.82. The van der Waals surface area contributed by atoms with Gasteiger partial charge in [-0.25, -0.2) is 0 Å². The van der Waals surface area contributed by atoms with E-state index in [1.807, 2.05) is 0 Å². The maximum Gasteiger partial charge on any atom is 0.219 e. The third kappa shape index (κ3) is 4.66. The second-order valence-corrected chi connectivity index (χ2v) is 6.05. The van der Waals surface area contributed by atoms with Crippen molar-refractivity contribution in [3.05, 3.63) is 0 Å². The molecule has 0 radical (unpaired) electrons. The van der Waals surface area contributed by atoms with Crippen molar-refractivity contribution in [1.29, 1.82) is 0 Å². The largest absolute Gasteiger partial charge is 0.370 e. The Balaban J connectivity index is 2.65. The third-order valence-electron chi connectivity index (χ3n) is 3.82. The molecule has 0 bridgehead atoms. The number of amides is 1. The second-order valence-electron chi connectivity index (χ2n) is 6.05. The Labute approximate surface area is 106 Å². The lowest BCUT2D eigenvalue weighted by Crippen LogP contribution is -2.51. The Kier molecular flexibility index (Phi) is 5.44. The zero-order valence-electron chi connectivity index (χ0n) is 11.6. The predicted molar refractivity (Wildman–Crippen MR) is 71.6 cm³/mol. The van der Waals surface area contributed by atoms with Crippen molar-refractivity contribution in [1.82, 2.24) is 5.32 Å². The molecule has 3 nitrogen and oxygen atoms in total. The minimum atomic E-state index is -0.170. The maximum atomic E-state index is 11.3. The van der Waals surface area contributed by atoms with Crippen LogP contribution < -0.4 is 11.1 Å². The van der Waals surface area contributed by atoms with Crippen molar-refractivity contribution in [3.8, 4) is 0 Å². The molecule has 1 aliphatic carbocycles. The molecule has 1 fully saturated rings. The zero-order valence-corrected chi connectivity index (χ0v) is 11.6. The highest BCUT2D eigenvalue weighted by atomic mass is 16.1. The predicted octanol–water partition coefficient (Wildman–Crippen LogP) is 2.45. The second kappa shape index (κ2) is 6.39. The van der Waals surface area contributed by atoms with E-state index in [4.69, 9.17) is 5.73 Å². The summed E-state index contributed by atoms with van der Waals surface area (Å²) in [6.45, 7) is 7.58. The van der Waals surface area contributed by atoms with Gasteiger partial charge in [-0.3, -0.25) is 4.79 Å². The summed E-state index contributed by atoms with van der Waals surface area (Å²) >= 11 is 0. The molecule has 0 heterocycles. The molecule has 0 aromatic rings. The highest BCUT2D eigenvalue weighted by molar-refractivity contribution is 5.75. The van der Waals surface area contributed by atoms with Crippen LogP contribution in [-0.4, -0.2) is 18.0 Å². The van der Waals surface area contributed by atoms with Crippen molar-refractivity contribution >= 4 is 5.91 Å². The molecule has 3 heteroatoms. The van der Waals surface area contributed by atoms with E-state index in [0.29, 0.717) is 6.42 Å². The zero-order chi connectivity index (χ0) is 12.9. The van der Waals surface area contributed by atoms with E-state index in [2.05, 4.69) is 26.1 Å². The Morgan fingerprint density at radius 3 is 2.76 bits per heavy atom. The van der Waals surface area contributed by atoms with Crippen LogP contribution in [0.5, 0.6) is 0 Å². The van der Waals surface area contributed by atoms with E-state index >= 15 is 0 Å². The standard InChI is InChI=1S/C14H28N2O/c1-4-16-14(10-13(15)17)7-5-6-12(9-14)8-11(2)3/h11-12,16H,4-10H2,1-3H3,(H2,15,17). The SMILES string of the molecule is CCNC1(CC(N)=O)CCCC(CC(C)C)C1. The molecule has 0 aliphatic heterocycles. The lowest BCUT2D eigenvalue weighted by molar-refractivity contribution is -0.120. The van der Waals surface area contributed by atoms with Crippen LogP contribution in [0, 0.1) is 11.8 Å². The summed E-state index contributed by atoms with van der Waals surface area (Å²) in [4.78, 5) is 11.3. The van der Waals surface area contributed by atoms with Crippen LogP contribution in [0.15, 0.2) is 0 Å². The van der Waals surface area contributed by atoms with Gasteiger partial charge in [0.05, 0.1) is 0 Å². The summed E-state index contributed by atoms with van der Waals surface area (Å²) in [6.07, 6.45) is 6.50. The van der Waals surface area contributed by atoms with Gasteiger partial charge in [-0.1, -0.05) is 33.6 Å². The van der Waals surface area contributed by atoms with E-state index in [9.17, 15) is 4.79 Å². The quantitative estimate of drug-likeness (QED) is 0.749. The van der Waals surface area contributed by atoms with Crippen LogP contribution >= 0.6 is 0 Å². The highest BCUT2D eigenvalue weighted by Crippen LogP contribution is 2.37. The molecule has 1 saturated carbocycles. The van der Waals surface area contributed by atoms with Crippen LogP contribution in [0.1, 0.15) is 59.3 Å². The van der Waals surface area contributed by atoms with E-state index in [1.165, 1.54) is 19.3 Å². The van der Waals surface area contributed by atoms with Crippen molar-refractivity contribution in [3.63, 3.8) is 0 Å². The number of carbonyl (C=O) groups is 1. The first-order valence-corrected chi connectivity index (χ1v) is 7.01. The van der Waals surface area contributed by atoms with Crippen LogP contribution in [-0.2, 0) is 4.79 Å². The van der Waals surface area contributed by atoms with Gasteiger partial charge in [0, 0.05) is 12.0 Å². The highest BCUT2D eigenvalue weighted by Gasteiger charge is 2.36. The normalized spacial score (nSPS) is 29.5. The maximum absolute atomic E-state index is 11.3. The topological polar surface area (TPSA) is 55.1 Å². The summed E-state index contributed by atoms with van der Waals surface area (Å²) in [5.41, 5.74) is 5.39. The van der Waals surface area contributed by atoms with Gasteiger partial charge in [-0.15, -0.1) is 0 Å². The minimum Gasteiger partial charge on any atom is -0.370 e. The molecule has 1 amide bonds. The van der Waals surface area contributed by atoms with Gasteiger partial charge in [0.15, 0.2) is 0 Å². The first-order chi connectivity index (χ1) is 7.97. The van der Waals surface area contributed by atoms with Crippen molar-refractivity contribution < 1.29 is 4.79 Å². The van der Waals surface area contributed by atoms with Gasteiger partial charge in [0.2, 0.25) is 5.91 Å². The van der Waals surface area contributed by atoms with Crippen LogP contribution in [0.4, 0.5) is 0 Å². The number of primary amides is 1. The fourth-order valence-corrected chi connectivity index (χ4v) is 3.45. The first-order valence-electron chi connectivity index (χ1n) is 7.01. The van der Waals surface area contributed by atoms with Gasteiger partial charge in [0.25, 0.3) is 0 Å². The summed E-state index contributed by atoms with van der Waals surface area (Å²) in [5.74, 6) is 1.32.